The van der Waals surface area contributed by atoms with Crippen LogP contribution in [0.1, 0.15) is 19.3 Å². The molecule has 3 heterocycles. The zero-order chi connectivity index (χ0) is 16.5. The Hall–Kier alpha value is -0.860. The van der Waals surface area contributed by atoms with Crippen molar-refractivity contribution >= 4 is 16.0 Å². The monoisotopic (exact) mass is 344 g/mol. The zero-order valence-corrected chi connectivity index (χ0v) is 14.9. The van der Waals surface area contributed by atoms with Crippen LogP contribution < -0.4 is 5.32 Å². The summed E-state index contributed by atoms with van der Waals surface area (Å²) >= 11 is 0. The van der Waals surface area contributed by atoms with Crippen molar-refractivity contribution in [1.29, 1.82) is 0 Å². The Morgan fingerprint density at radius 3 is 2.83 bits per heavy atom. The molecule has 0 radical (unpaired) electrons. The number of rotatable bonds is 3. The average Bonchev–Trinajstić information content (AvgIpc) is 3.22. The summed E-state index contributed by atoms with van der Waals surface area (Å²) in [5.74, 6) is 1.29. The van der Waals surface area contributed by atoms with E-state index in [4.69, 9.17) is 4.74 Å². The van der Waals surface area contributed by atoms with E-state index in [0.717, 1.165) is 51.6 Å². The lowest BCUT2D eigenvalue weighted by Crippen LogP contribution is -2.43. The van der Waals surface area contributed by atoms with E-state index in [-0.39, 0.29) is 0 Å². The number of hydrogen-bond donors (Lipinski definition) is 1. The number of ether oxygens (including phenoxy) is 1. The first-order valence-electron chi connectivity index (χ1n) is 8.40. The van der Waals surface area contributed by atoms with Crippen LogP contribution in [-0.4, -0.2) is 82.8 Å². The molecule has 7 nitrogen and oxygen atoms in total. The van der Waals surface area contributed by atoms with Gasteiger partial charge in [-0.1, -0.05) is 0 Å². The minimum atomic E-state index is -3.06. The summed E-state index contributed by atoms with van der Waals surface area (Å²) in [6, 6.07) is 0. The van der Waals surface area contributed by atoms with Gasteiger partial charge in [0.15, 0.2) is 5.96 Å². The molecule has 0 aliphatic carbocycles. The SMILES string of the molecule is CN=C(NCC1CCN(S(C)(=O)=O)C1)N1CCC2(CCOC2)C1. The van der Waals surface area contributed by atoms with Crippen LogP contribution in [0.5, 0.6) is 0 Å². The molecule has 3 fully saturated rings. The predicted octanol–water partition coefficient (Wildman–Crippen LogP) is -0.0443. The standard InChI is InChI=1S/C15H28N4O3S/c1-16-14(18-7-4-15(11-18)5-8-22-12-15)17-9-13-3-6-19(10-13)23(2,20)21/h13H,3-12H2,1-2H3,(H,16,17). The third kappa shape index (κ3) is 3.80. The lowest BCUT2D eigenvalue weighted by Gasteiger charge is -2.25. The van der Waals surface area contributed by atoms with Crippen molar-refractivity contribution in [2.24, 2.45) is 16.3 Å². The molecule has 0 aromatic carbocycles. The summed E-state index contributed by atoms with van der Waals surface area (Å²) in [5.41, 5.74) is 0.318. The minimum absolute atomic E-state index is 0.318. The zero-order valence-electron chi connectivity index (χ0n) is 14.1. The largest absolute Gasteiger partial charge is 0.381 e. The second-order valence-electron chi connectivity index (χ2n) is 7.18. The van der Waals surface area contributed by atoms with Crippen molar-refractivity contribution in [1.82, 2.24) is 14.5 Å². The average molecular weight is 344 g/mol. The van der Waals surface area contributed by atoms with E-state index >= 15 is 0 Å². The second-order valence-corrected chi connectivity index (χ2v) is 9.16. The highest BCUT2D eigenvalue weighted by molar-refractivity contribution is 7.88. The summed E-state index contributed by atoms with van der Waals surface area (Å²) in [4.78, 5) is 6.73. The van der Waals surface area contributed by atoms with E-state index in [2.05, 4.69) is 15.2 Å². The van der Waals surface area contributed by atoms with Gasteiger partial charge in [0.1, 0.15) is 0 Å². The number of aliphatic imine (C=N–C) groups is 1. The van der Waals surface area contributed by atoms with E-state index in [9.17, 15) is 8.42 Å². The highest BCUT2D eigenvalue weighted by Gasteiger charge is 2.42. The van der Waals surface area contributed by atoms with Gasteiger partial charge in [-0.05, 0) is 25.2 Å². The molecule has 3 aliphatic heterocycles. The van der Waals surface area contributed by atoms with Gasteiger partial charge in [0.25, 0.3) is 0 Å². The van der Waals surface area contributed by atoms with Crippen LogP contribution in [-0.2, 0) is 14.8 Å². The molecule has 8 heteroatoms. The summed E-state index contributed by atoms with van der Waals surface area (Å²) in [5, 5.41) is 3.45. The Balaban J connectivity index is 1.49. The van der Waals surface area contributed by atoms with Gasteiger partial charge in [-0.3, -0.25) is 4.99 Å². The van der Waals surface area contributed by atoms with Crippen molar-refractivity contribution in [3.63, 3.8) is 0 Å². The maximum Gasteiger partial charge on any atom is 0.211 e. The molecule has 23 heavy (non-hydrogen) atoms. The molecule has 1 spiro atoms. The van der Waals surface area contributed by atoms with Gasteiger partial charge >= 0.3 is 0 Å². The van der Waals surface area contributed by atoms with Crippen molar-refractivity contribution in [3.8, 4) is 0 Å². The Morgan fingerprint density at radius 1 is 1.39 bits per heavy atom. The summed E-state index contributed by atoms with van der Waals surface area (Å²) < 4.78 is 30.3. The topological polar surface area (TPSA) is 74.2 Å². The highest BCUT2D eigenvalue weighted by atomic mass is 32.2. The molecule has 0 aromatic heterocycles. The van der Waals surface area contributed by atoms with Crippen LogP contribution in [0, 0.1) is 11.3 Å². The van der Waals surface area contributed by atoms with Gasteiger partial charge in [-0.15, -0.1) is 0 Å². The number of likely N-dealkylation sites (tertiary alicyclic amines) is 1. The van der Waals surface area contributed by atoms with Gasteiger partial charge < -0.3 is 15.0 Å². The molecule has 3 saturated heterocycles. The molecule has 0 saturated carbocycles. The van der Waals surface area contributed by atoms with E-state index in [1.807, 2.05) is 7.05 Å². The first kappa shape index (κ1) is 17.0. The molecule has 132 valence electrons. The van der Waals surface area contributed by atoms with Crippen LogP contribution in [0.2, 0.25) is 0 Å². The fourth-order valence-electron chi connectivity index (χ4n) is 3.92. The van der Waals surface area contributed by atoms with E-state index in [0.29, 0.717) is 24.4 Å². The molecule has 3 rings (SSSR count). The number of guanidine groups is 1. The van der Waals surface area contributed by atoms with Crippen molar-refractivity contribution in [2.45, 2.75) is 19.3 Å². The number of sulfonamides is 1. The summed E-state index contributed by atoms with van der Waals surface area (Å²) in [6.45, 7) is 5.79. The first-order valence-corrected chi connectivity index (χ1v) is 10.3. The predicted molar refractivity (Wildman–Crippen MR) is 89.9 cm³/mol. The number of nitrogens with one attached hydrogen (secondary N) is 1. The fraction of sp³-hybridized carbons (Fsp3) is 0.933. The van der Waals surface area contributed by atoms with Crippen LogP contribution in [0.15, 0.2) is 4.99 Å². The van der Waals surface area contributed by atoms with E-state index < -0.39 is 10.0 Å². The molecule has 2 unspecified atom stereocenters. The van der Waals surface area contributed by atoms with Gasteiger partial charge in [0, 0.05) is 51.8 Å². The highest BCUT2D eigenvalue weighted by Crippen LogP contribution is 2.38. The first-order chi connectivity index (χ1) is 10.9. The normalized spacial score (nSPS) is 33.0. The van der Waals surface area contributed by atoms with E-state index in [1.165, 1.54) is 12.7 Å². The molecule has 2 atom stereocenters. The van der Waals surface area contributed by atoms with Gasteiger partial charge in [0.05, 0.1) is 12.9 Å². The molecular weight excluding hydrogens is 316 g/mol. The Kier molecular flexibility index (Phi) is 4.85. The minimum Gasteiger partial charge on any atom is -0.381 e. The Bertz CT molecular complexity index is 557. The van der Waals surface area contributed by atoms with Crippen LogP contribution >= 0.6 is 0 Å². The molecule has 0 aromatic rings. The maximum atomic E-state index is 11.6. The molecule has 1 N–H and O–H groups in total. The smallest absolute Gasteiger partial charge is 0.211 e. The number of hydrogen-bond acceptors (Lipinski definition) is 4. The van der Waals surface area contributed by atoms with Gasteiger partial charge in [-0.25, -0.2) is 12.7 Å². The molecule has 3 aliphatic rings. The molecule has 0 bridgehead atoms. The van der Waals surface area contributed by atoms with Crippen molar-refractivity contribution < 1.29 is 13.2 Å². The third-order valence-electron chi connectivity index (χ3n) is 5.40. The van der Waals surface area contributed by atoms with Crippen LogP contribution in [0.3, 0.4) is 0 Å². The lowest BCUT2D eigenvalue weighted by atomic mass is 9.87. The third-order valence-corrected chi connectivity index (χ3v) is 6.67. The van der Waals surface area contributed by atoms with Crippen molar-refractivity contribution in [3.05, 3.63) is 0 Å². The fourth-order valence-corrected chi connectivity index (χ4v) is 4.84. The van der Waals surface area contributed by atoms with Gasteiger partial charge in [0.2, 0.25) is 10.0 Å². The quantitative estimate of drug-likeness (QED) is 0.574. The lowest BCUT2D eigenvalue weighted by molar-refractivity contribution is 0.156. The molecule has 0 amide bonds. The maximum absolute atomic E-state index is 11.6. The van der Waals surface area contributed by atoms with E-state index in [1.54, 1.807) is 4.31 Å². The molecular formula is C15H28N4O3S. The van der Waals surface area contributed by atoms with Gasteiger partial charge in [-0.2, -0.15) is 0 Å². The van der Waals surface area contributed by atoms with Crippen LogP contribution in [0.4, 0.5) is 0 Å². The Labute approximate surface area is 139 Å². The summed E-state index contributed by atoms with van der Waals surface area (Å²) in [7, 11) is -1.24. The second kappa shape index (κ2) is 6.57. The summed E-state index contributed by atoms with van der Waals surface area (Å²) in [6.07, 6.45) is 4.51. The van der Waals surface area contributed by atoms with Crippen LogP contribution in [0.25, 0.3) is 0 Å². The number of nitrogens with zero attached hydrogens (tertiary/aromatic N) is 3. The Morgan fingerprint density at radius 2 is 2.22 bits per heavy atom. The van der Waals surface area contributed by atoms with Crippen molar-refractivity contribution in [2.75, 3.05) is 59.2 Å².